The van der Waals surface area contributed by atoms with Crippen LogP contribution in [0.3, 0.4) is 0 Å². The summed E-state index contributed by atoms with van der Waals surface area (Å²) >= 11 is 9.90. The predicted molar refractivity (Wildman–Crippen MR) is 124 cm³/mol. The van der Waals surface area contributed by atoms with Crippen molar-refractivity contribution in [1.29, 1.82) is 0 Å². The predicted octanol–water partition coefficient (Wildman–Crippen LogP) is 5.15. The van der Waals surface area contributed by atoms with Crippen molar-refractivity contribution >= 4 is 56.7 Å². The lowest BCUT2D eigenvalue weighted by Gasteiger charge is -2.21. The van der Waals surface area contributed by atoms with E-state index in [1.54, 1.807) is 20.8 Å². The maximum Gasteiger partial charge on any atom is 0.255 e. The van der Waals surface area contributed by atoms with Gasteiger partial charge < -0.3 is 5.32 Å². The van der Waals surface area contributed by atoms with E-state index in [1.807, 2.05) is 41.7 Å². The normalized spacial score (nSPS) is 15.4. The van der Waals surface area contributed by atoms with Crippen LogP contribution in [0.5, 0.6) is 0 Å². The zero-order chi connectivity index (χ0) is 21.2. The zero-order valence-electron chi connectivity index (χ0n) is 16.4. The van der Waals surface area contributed by atoms with Crippen molar-refractivity contribution in [3.63, 3.8) is 0 Å². The Morgan fingerprint density at radius 1 is 1.10 bits per heavy atom. The Bertz CT molecular complexity index is 1010. The molecule has 1 heterocycles. The van der Waals surface area contributed by atoms with Crippen LogP contribution in [0.25, 0.3) is 0 Å². The maximum absolute atomic E-state index is 12.7. The topological polar surface area (TPSA) is 75.3 Å². The Balaban J connectivity index is 1.82. The Hall–Kier alpha value is -1.19. The molecule has 2 aromatic rings. The minimum Gasteiger partial charge on any atom is -0.322 e. The van der Waals surface area contributed by atoms with Crippen molar-refractivity contribution in [2.75, 3.05) is 16.8 Å². The van der Waals surface area contributed by atoms with Crippen LogP contribution in [-0.4, -0.2) is 31.4 Å². The molecule has 3 rings (SSSR count). The van der Waals surface area contributed by atoms with Gasteiger partial charge in [-0.15, -0.1) is 23.5 Å². The lowest BCUT2D eigenvalue weighted by molar-refractivity contribution is 0.102. The van der Waals surface area contributed by atoms with E-state index >= 15 is 0 Å². The number of carbonyl (C=O) groups excluding carboxylic acids is 1. The average Bonchev–Trinajstić information content (AvgIpc) is 3.14. The van der Waals surface area contributed by atoms with Gasteiger partial charge in [0, 0.05) is 28.3 Å². The summed E-state index contributed by atoms with van der Waals surface area (Å²) in [7, 11) is -3.86. The third kappa shape index (κ3) is 5.92. The summed E-state index contributed by atoms with van der Waals surface area (Å²) in [5, 5.41) is 2.92. The van der Waals surface area contributed by atoms with Gasteiger partial charge >= 0.3 is 0 Å². The molecule has 2 N–H and O–H groups in total. The van der Waals surface area contributed by atoms with Crippen molar-refractivity contribution in [2.24, 2.45) is 0 Å². The molecule has 156 valence electrons. The summed E-state index contributed by atoms with van der Waals surface area (Å²) in [6, 6.07) is 12.0. The fraction of sp³-hybridized carbons (Fsp3) is 0.350. The van der Waals surface area contributed by atoms with Gasteiger partial charge in [-0.05, 0) is 56.7 Å². The number of sulfonamides is 1. The summed E-state index contributed by atoms with van der Waals surface area (Å²) in [5.41, 5.74) is 1.38. The molecule has 1 aliphatic heterocycles. The molecule has 1 aliphatic rings. The van der Waals surface area contributed by atoms with Gasteiger partial charge in [-0.25, -0.2) is 13.1 Å². The zero-order valence-corrected chi connectivity index (χ0v) is 19.6. The first kappa shape index (κ1) is 22.5. The van der Waals surface area contributed by atoms with E-state index in [-0.39, 0.29) is 15.5 Å². The average molecular weight is 471 g/mol. The third-order valence-corrected chi connectivity index (χ3v) is 9.31. The Labute approximate surface area is 185 Å². The van der Waals surface area contributed by atoms with Crippen LogP contribution in [0.15, 0.2) is 47.4 Å². The van der Waals surface area contributed by atoms with E-state index in [2.05, 4.69) is 16.1 Å². The van der Waals surface area contributed by atoms with Crippen LogP contribution < -0.4 is 10.0 Å². The van der Waals surface area contributed by atoms with E-state index in [1.165, 1.54) is 18.2 Å². The second kappa shape index (κ2) is 8.89. The lowest BCUT2D eigenvalue weighted by atomic mass is 10.1. The van der Waals surface area contributed by atoms with Crippen molar-refractivity contribution in [1.82, 2.24) is 4.72 Å². The molecule has 0 bridgehead atoms. The standard InChI is InChI=1S/C20H23ClN2O3S3/c1-20(2,3)23-29(25,26)17-12-13(7-8-16(17)21)18(24)22-15-6-4-5-14(11-15)19-27-9-10-28-19/h4-8,11-12,19,23H,9-10H2,1-3H3,(H,22,24). The van der Waals surface area contributed by atoms with Gasteiger partial charge in [0.25, 0.3) is 5.91 Å². The largest absolute Gasteiger partial charge is 0.322 e. The number of benzene rings is 2. The van der Waals surface area contributed by atoms with Crippen LogP contribution in [0.2, 0.25) is 5.02 Å². The van der Waals surface area contributed by atoms with Gasteiger partial charge in [0.15, 0.2) is 0 Å². The van der Waals surface area contributed by atoms with Gasteiger partial charge in [0.05, 0.1) is 9.60 Å². The Kier molecular flexibility index (Phi) is 6.90. The first-order chi connectivity index (χ1) is 13.5. The number of hydrogen-bond acceptors (Lipinski definition) is 5. The molecular formula is C20H23ClN2O3S3. The number of rotatable bonds is 5. The second-order valence-corrected chi connectivity index (χ2v) is 12.4. The fourth-order valence-corrected chi connectivity index (χ4v) is 7.61. The van der Waals surface area contributed by atoms with E-state index in [0.717, 1.165) is 17.1 Å². The highest BCUT2D eigenvalue weighted by Crippen LogP contribution is 2.45. The molecule has 1 amide bonds. The molecule has 0 unspecified atom stereocenters. The Morgan fingerprint density at radius 3 is 2.45 bits per heavy atom. The number of carbonyl (C=O) groups is 1. The van der Waals surface area contributed by atoms with Crippen molar-refractivity contribution < 1.29 is 13.2 Å². The molecule has 1 fully saturated rings. The molecule has 0 atom stereocenters. The van der Waals surface area contributed by atoms with Crippen molar-refractivity contribution in [3.05, 3.63) is 58.6 Å². The first-order valence-corrected chi connectivity index (χ1v) is 13.0. The molecule has 5 nitrogen and oxygen atoms in total. The summed E-state index contributed by atoms with van der Waals surface area (Å²) in [5.74, 6) is 1.85. The minimum absolute atomic E-state index is 0.0654. The van der Waals surface area contributed by atoms with Gasteiger partial charge in [0.1, 0.15) is 4.90 Å². The van der Waals surface area contributed by atoms with E-state index in [9.17, 15) is 13.2 Å². The highest BCUT2D eigenvalue weighted by Gasteiger charge is 2.25. The molecule has 0 saturated carbocycles. The summed E-state index contributed by atoms with van der Waals surface area (Å²) < 4.78 is 28.3. The number of amides is 1. The summed E-state index contributed by atoms with van der Waals surface area (Å²) in [4.78, 5) is 12.6. The van der Waals surface area contributed by atoms with Crippen LogP contribution in [0.4, 0.5) is 5.69 Å². The lowest BCUT2D eigenvalue weighted by Crippen LogP contribution is -2.40. The minimum atomic E-state index is -3.86. The van der Waals surface area contributed by atoms with Crippen LogP contribution >= 0.6 is 35.1 Å². The quantitative estimate of drug-likeness (QED) is 0.632. The molecule has 0 aliphatic carbocycles. The number of hydrogen-bond donors (Lipinski definition) is 2. The van der Waals surface area contributed by atoms with E-state index < -0.39 is 21.5 Å². The molecular weight excluding hydrogens is 448 g/mol. The number of nitrogens with one attached hydrogen (secondary N) is 2. The highest BCUT2D eigenvalue weighted by atomic mass is 35.5. The van der Waals surface area contributed by atoms with E-state index in [0.29, 0.717) is 10.3 Å². The number of thioether (sulfide) groups is 2. The van der Waals surface area contributed by atoms with E-state index in [4.69, 9.17) is 11.6 Å². The molecule has 9 heteroatoms. The van der Waals surface area contributed by atoms with Gasteiger partial charge in [-0.3, -0.25) is 4.79 Å². The van der Waals surface area contributed by atoms with Crippen LogP contribution in [0, 0.1) is 0 Å². The fourth-order valence-electron chi connectivity index (χ4n) is 2.83. The highest BCUT2D eigenvalue weighted by molar-refractivity contribution is 8.19. The molecule has 29 heavy (non-hydrogen) atoms. The SMILES string of the molecule is CC(C)(C)NS(=O)(=O)c1cc(C(=O)Nc2cccc(C3SCCS3)c2)ccc1Cl. The third-order valence-electron chi connectivity index (χ3n) is 3.96. The monoisotopic (exact) mass is 470 g/mol. The van der Waals surface area contributed by atoms with Crippen LogP contribution in [0.1, 0.15) is 41.3 Å². The van der Waals surface area contributed by atoms with Crippen molar-refractivity contribution in [3.8, 4) is 0 Å². The summed E-state index contributed by atoms with van der Waals surface area (Å²) in [6.45, 7) is 5.22. The molecule has 0 spiro atoms. The van der Waals surface area contributed by atoms with Gasteiger partial charge in [-0.2, -0.15) is 0 Å². The number of halogens is 1. The first-order valence-electron chi connectivity index (χ1n) is 9.03. The van der Waals surface area contributed by atoms with Gasteiger partial charge in [-0.1, -0.05) is 23.7 Å². The molecule has 1 saturated heterocycles. The number of anilines is 1. The molecule has 2 aromatic carbocycles. The second-order valence-electron chi connectivity index (χ2n) is 7.65. The summed E-state index contributed by atoms with van der Waals surface area (Å²) in [6.07, 6.45) is 0. The smallest absolute Gasteiger partial charge is 0.255 e. The molecule has 0 radical (unpaired) electrons. The Morgan fingerprint density at radius 2 is 1.79 bits per heavy atom. The molecule has 0 aromatic heterocycles. The van der Waals surface area contributed by atoms with Crippen molar-refractivity contribution in [2.45, 2.75) is 35.8 Å². The van der Waals surface area contributed by atoms with Crippen LogP contribution in [-0.2, 0) is 10.0 Å². The maximum atomic E-state index is 12.7. The van der Waals surface area contributed by atoms with Gasteiger partial charge in [0.2, 0.25) is 10.0 Å².